The van der Waals surface area contributed by atoms with Crippen LogP contribution in [0.4, 0.5) is 10.1 Å². The summed E-state index contributed by atoms with van der Waals surface area (Å²) < 4.78 is 14.3. The molecule has 0 spiro atoms. The molecule has 2 aromatic rings. The van der Waals surface area contributed by atoms with E-state index in [9.17, 15) is 4.39 Å². The third kappa shape index (κ3) is 3.52. The molecule has 1 saturated carbocycles. The largest absolute Gasteiger partial charge is 0.372 e. The van der Waals surface area contributed by atoms with Crippen LogP contribution >= 0.6 is 0 Å². The molecule has 4 nitrogen and oxygen atoms in total. The number of hydrogen-bond donors (Lipinski definition) is 1. The molecule has 3 fully saturated rings. The number of hydrogen-bond acceptors (Lipinski definition) is 4. The Balaban J connectivity index is 1.49. The van der Waals surface area contributed by atoms with Gasteiger partial charge in [-0.1, -0.05) is 6.07 Å². The first-order chi connectivity index (χ1) is 14.0. The van der Waals surface area contributed by atoms with Crippen LogP contribution in [0.1, 0.15) is 43.2 Å². The molecule has 2 atom stereocenters. The summed E-state index contributed by atoms with van der Waals surface area (Å²) in [6, 6.07) is 14.0. The van der Waals surface area contributed by atoms with Gasteiger partial charge in [-0.15, -0.1) is 0 Å². The lowest BCUT2D eigenvalue weighted by Crippen LogP contribution is -2.44. The van der Waals surface area contributed by atoms with Crippen LogP contribution in [0, 0.1) is 17.1 Å². The lowest BCUT2D eigenvalue weighted by atomic mass is 9.98. The van der Waals surface area contributed by atoms with Gasteiger partial charge in [-0.3, -0.25) is 4.90 Å². The first-order valence-corrected chi connectivity index (χ1v) is 10.6. The first kappa shape index (κ1) is 18.6. The van der Waals surface area contributed by atoms with E-state index in [1.165, 1.54) is 36.6 Å². The number of halogens is 1. The Morgan fingerprint density at radius 2 is 1.97 bits per heavy atom. The average Bonchev–Trinajstić information content (AvgIpc) is 3.43. The zero-order valence-corrected chi connectivity index (χ0v) is 16.7. The van der Waals surface area contributed by atoms with Crippen molar-refractivity contribution in [3.8, 4) is 17.2 Å². The van der Waals surface area contributed by atoms with Crippen LogP contribution in [0.25, 0.3) is 11.1 Å². The Hall–Kier alpha value is -2.42. The van der Waals surface area contributed by atoms with E-state index in [-0.39, 0.29) is 11.1 Å². The minimum atomic E-state index is -0.458. The Morgan fingerprint density at radius 3 is 2.62 bits per heavy atom. The van der Waals surface area contributed by atoms with Gasteiger partial charge in [0.2, 0.25) is 0 Å². The number of nitrogens with two attached hydrogens (primary N) is 1. The van der Waals surface area contributed by atoms with Crippen LogP contribution in [-0.2, 0) is 6.54 Å². The van der Waals surface area contributed by atoms with E-state index in [2.05, 4.69) is 28.0 Å². The average molecular weight is 391 g/mol. The minimum absolute atomic E-state index is 0.00366. The summed E-state index contributed by atoms with van der Waals surface area (Å²) in [7, 11) is 0. The lowest BCUT2D eigenvalue weighted by Gasteiger charge is -2.30. The zero-order chi connectivity index (χ0) is 20.0. The molecule has 0 amide bonds. The van der Waals surface area contributed by atoms with E-state index in [1.54, 1.807) is 6.07 Å². The molecule has 5 rings (SSSR count). The predicted octanol–water partition coefficient (Wildman–Crippen LogP) is 4.03. The molecule has 0 aromatic heterocycles. The number of benzene rings is 2. The normalized spacial score (nSPS) is 26.2. The van der Waals surface area contributed by atoms with Crippen LogP contribution in [0.15, 0.2) is 36.4 Å². The summed E-state index contributed by atoms with van der Waals surface area (Å²) in [4.78, 5) is 4.95. The van der Waals surface area contributed by atoms with Crippen molar-refractivity contribution in [1.29, 1.82) is 5.26 Å². The SMILES string of the molecule is N#Cc1ccc(-c2cc(CN3C[C@]4(N)CC[C@H]3C4)cc(N3CCCC3)c2)cc1F. The van der Waals surface area contributed by atoms with Gasteiger partial charge >= 0.3 is 0 Å². The topological polar surface area (TPSA) is 56.3 Å². The van der Waals surface area contributed by atoms with Crippen molar-refractivity contribution in [3.63, 3.8) is 0 Å². The Labute approximate surface area is 171 Å². The van der Waals surface area contributed by atoms with Crippen LogP contribution in [0.5, 0.6) is 0 Å². The van der Waals surface area contributed by atoms with Crippen molar-refractivity contribution >= 4 is 5.69 Å². The lowest BCUT2D eigenvalue weighted by molar-refractivity contribution is 0.196. The quantitative estimate of drug-likeness (QED) is 0.856. The predicted molar refractivity (Wildman–Crippen MR) is 113 cm³/mol. The van der Waals surface area contributed by atoms with Crippen LogP contribution in [-0.4, -0.2) is 36.1 Å². The number of rotatable bonds is 4. The third-order valence-electron chi connectivity index (χ3n) is 6.91. The molecule has 2 aliphatic heterocycles. The number of anilines is 1. The summed E-state index contributed by atoms with van der Waals surface area (Å²) in [5.41, 5.74) is 10.9. The Kier molecular flexibility index (Phi) is 4.57. The Morgan fingerprint density at radius 1 is 1.14 bits per heavy atom. The molecule has 3 aliphatic rings. The van der Waals surface area contributed by atoms with Crippen LogP contribution < -0.4 is 10.6 Å². The molecule has 5 heteroatoms. The van der Waals surface area contributed by atoms with Gasteiger partial charge in [0.25, 0.3) is 0 Å². The van der Waals surface area contributed by atoms with Crippen molar-refractivity contribution in [2.45, 2.75) is 50.2 Å². The van der Waals surface area contributed by atoms with E-state index in [1.807, 2.05) is 12.1 Å². The minimum Gasteiger partial charge on any atom is -0.372 e. The van der Waals surface area contributed by atoms with Crippen molar-refractivity contribution in [2.24, 2.45) is 5.73 Å². The van der Waals surface area contributed by atoms with Gasteiger partial charge in [-0.2, -0.15) is 5.26 Å². The number of nitriles is 1. The zero-order valence-electron chi connectivity index (χ0n) is 16.7. The van der Waals surface area contributed by atoms with Crippen LogP contribution in [0.3, 0.4) is 0 Å². The molecule has 0 unspecified atom stereocenters. The van der Waals surface area contributed by atoms with Gasteiger partial charge in [-0.25, -0.2) is 4.39 Å². The fraction of sp³-hybridized carbons (Fsp3) is 0.458. The van der Waals surface area contributed by atoms with E-state index >= 15 is 0 Å². The van der Waals surface area contributed by atoms with Gasteiger partial charge in [0.05, 0.1) is 5.56 Å². The van der Waals surface area contributed by atoms with Crippen LogP contribution in [0.2, 0.25) is 0 Å². The Bertz CT molecular complexity index is 975. The van der Waals surface area contributed by atoms with Crippen molar-refractivity contribution in [2.75, 3.05) is 24.5 Å². The monoisotopic (exact) mass is 390 g/mol. The maximum Gasteiger partial charge on any atom is 0.141 e. The molecule has 1 aliphatic carbocycles. The number of piperidine rings is 1. The summed E-state index contributed by atoms with van der Waals surface area (Å²) >= 11 is 0. The van der Waals surface area contributed by atoms with Gasteiger partial charge in [0.15, 0.2) is 0 Å². The van der Waals surface area contributed by atoms with Crippen molar-refractivity contribution in [1.82, 2.24) is 4.90 Å². The molecule has 2 saturated heterocycles. The molecule has 2 heterocycles. The third-order valence-corrected chi connectivity index (χ3v) is 6.91. The fourth-order valence-corrected chi connectivity index (χ4v) is 5.41. The number of fused-ring (bicyclic) bond motifs is 2. The molecule has 150 valence electrons. The smallest absolute Gasteiger partial charge is 0.141 e. The standard InChI is InChI=1S/C24H27FN4/c25-23-12-18(3-4-19(23)14-26)20-9-17(10-22(11-20)28-7-1-2-8-28)15-29-16-24(27)6-5-21(29)13-24/h3-4,9-12,21H,1-2,5-8,13,15-16,27H2/t21-,24-/m0/s1. The molecule has 29 heavy (non-hydrogen) atoms. The maximum absolute atomic E-state index is 14.3. The highest BCUT2D eigenvalue weighted by Gasteiger charge is 2.46. The van der Waals surface area contributed by atoms with E-state index in [0.717, 1.165) is 50.1 Å². The maximum atomic E-state index is 14.3. The van der Waals surface area contributed by atoms with Gasteiger partial charge in [0.1, 0.15) is 11.9 Å². The highest BCUT2D eigenvalue weighted by atomic mass is 19.1. The molecule has 0 radical (unpaired) electrons. The molecular formula is C24H27FN4. The van der Waals surface area contributed by atoms with Gasteiger partial charge < -0.3 is 10.6 Å². The van der Waals surface area contributed by atoms with E-state index in [4.69, 9.17) is 11.0 Å². The second-order valence-electron chi connectivity index (χ2n) is 9.05. The van der Waals surface area contributed by atoms with E-state index < -0.39 is 5.82 Å². The second kappa shape index (κ2) is 7.12. The molecule has 2 aromatic carbocycles. The fourth-order valence-electron chi connectivity index (χ4n) is 5.41. The van der Waals surface area contributed by atoms with Crippen molar-refractivity contribution < 1.29 is 4.39 Å². The second-order valence-corrected chi connectivity index (χ2v) is 9.05. The van der Waals surface area contributed by atoms with Crippen molar-refractivity contribution in [3.05, 3.63) is 53.3 Å². The summed E-state index contributed by atoms with van der Waals surface area (Å²) in [6.07, 6.45) is 5.87. The van der Waals surface area contributed by atoms with Gasteiger partial charge in [-0.05, 0) is 79.1 Å². The van der Waals surface area contributed by atoms with Gasteiger partial charge in [0, 0.05) is 43.4 Å². The summed E-state index contributed by atoms with van der Waals surface area (Å²) in [6.45, 7) is 4.00. The number of nitrogens with zero attached hydrogens (tertiary/aromatic N) is 3. The van der Waals surface area contributed by atoms with E-state index in [0.29, 0.717) is 6.04 Å². The number of likely N-dealkylation sites (tertiary alicyclic amines) is 1. The molecular weight excluding hydrogens is 363 g/mol. The molecule has 2 bridgehead atoms. The summed E-state index contributed by atoms with van der Waals surface area (Å²) in [5.74, 6) is -0.458. The highest BCUT2D eigenvalue weighted by molar-refractivity contribution is 5.71. The molecule has 2 N–H and O–H groups in total. The summed E-state index contributed by atoms with van der Waals surface area (Å²) in [5, 5.41) is 9.03. The first-order valence-electron chi connectivity index (χ1n) is 10.6. The highest BCUT2D eigenvalue weighted by Crippen LogP contribution is 2.40.